The van der Waals surface area contributed by atoms with E-state index in [0.29, 0.717) is 19.5 Å². The van der Waals surface area contributed by atoms with Gasteiger partial charge in [0, 0.05) is 13.5 Å². The minimum absolute atomic E-state index is 0.101. The zero-order chi connectivity index (χ0) is 11.3. The van der Waals surface area contributed by atoms with Gasteiger partial charge < -0.3 is 15.1 Å². The Morgan fingerprint density at radius 1 is 1.67 bits per heavy atom. The van der Waals surface area contributed by atoms with Crippen LogP contribution in [0, 0.1) is 5.92 Å². The smallest absolute Gasteiger partial charge is 0.223 e. The standard InChI is InChI=1S/C11H18N2O2/c1-9(7-12)6-11(14)13(2)8-10-4-3-5-15-10/h3-5,9H,6-8,12H2,1-2H3. The number of rotatable bonds is 5. The lowest BCUT2D eigenvalue weighted by atomic mass is 10.1. The molecule has 1 heterocycles. The first-order chi connectivity index (χ1) is 7.13. The highest BCUT2D eigenvalue weighted by molar-refractivity contribution is 5.76. The molecular weight excluding hydrogens is 192 g/mol. The molecule has 1 aromatic rings. The number of nitrogens with zero attached hydrogens (tertiary/aromatic N) is 1. The highest BCUT2D eigenvalue weighted by Gasteiger charge is 2.13. The molecule has 1 rings (SSSR count). The number of nitrogens with two attached hydrogens (primary N) is 1. The summed E-state index contributed by atoms with van der Waals surface area (Å²) in [5.41, 5.74) is 5.47. The maximum atomic E-state index is 11.7. The number of amides is 1. The van der Waals surface area contributed by atoms with Gasteiger partial charge in [-0.2, -0.15) is 0 Å². The third-order valence-electron chi connectivity index (χ3n) is 2.32. The molecule has 1 aromatic heterocycles. The van der Waals surface area contributed by atoms with Gasteiger partial charge in [0.15, 0.2) is 0 Å². The molecule has 2 N–H and O–H groups in total. The summed E-state index contributed by atoms with van der Waals surface area (Å²) >= 11 is 0. The molecule has 15 heavy (non-hydrogen) atoms. The number of furan rings is 1. The molecule has 0 aromatic carbocycles. The molecule has 4 heteroatoms. The van der Waals surface area contributed by atoms with E-state index in [9.17, 15) is 4.79 Å². The molecule has 0 bridgehead atoms. The van der Waals surface area contributed by atoms with E-state index in [1.807, 2.05) is 19.1 Å². The Morgan fingerprint density at radius 3 is 2.93 bits per heavy atom. The van der Waals surface area contributed by atoms with Gasteiger partial charge in [0.1, 0.15) is 5.76 Å². The third kappa shape index (κ3) is 3.75. The Balaban J connectivity index is 2.40. The maximum Gasteiger partial charge on any atom is 0.223 e. The average molecular weight is 210 g/mol. The van der Waals surface area contributed by atoms with Gasteiger partial charge in [0.25, 0.3) is 0 Å². The van der Waals surface area contributed by atoms with Crippen molar-refractivity contribution in [2.75, 3.05) is 13.6 Å². The van der Waals surface area contributed by atoms with Crippen molar-refractivity contribution in [2.45, 2.75) is 19.9 Å². The summed E-state index contributed by atoms with van der Waals surface area (Å²) < 4.78 is 5.17. The second kappa shape index (κ2) is 5.56. The Bertz CT molecular complexity index is 296. The molecule has 0 saturated heterocycles. The zero-order valence-corrected chi connectivity index (χ0v) is 9.27. The molecule has 1 amide bonds. The highest BCUT2D eigenvalue weighted by atomic mass is 16.3. The second-order valence-electron chi connectivity index (χ2n) is 3.87. The second-order valence-corrected chi connectivity index (χ2v) is 3.87. The lowest BCUT2D eigenvalue weighted by molar-refractivity contribution is -0.131. The molecule has 1 atom stereocenters. The Labute approximate surface area is 90.0 Å². The Morgan fingerprint density at radius 2 is 2.40 bits per heavy atom. The van der Waals surface area contributed by atoms with E-state index in [1.165, 1.54) is 0 Å². The van der Waals surface area contributed by atoms with Crippen molar-refractivity contribution in [3.8, 4) is 0 Å². The van der Waals surface area contributed by atoms with Crippen LogP contribution in [0.3, 0.4) is 0 Å². The maximum absolute atomic E-state index is 11.7. The van der Waals surface area contributed by atoms with Crippen LogP contribution in [0.4, 0.5) is 0 Å². The molecule has 0 spiro atoms. The lowest BCUT2D eigenvalue weighted by Crippen LogP contribution is -2.29. The molecule has 4 nitrogen and oxygen atoms in total. The van der Waals surface area contributed by atoms with Crippen molar-refractivity contribution < 1.29 is 9.21 Å². The molecule has 0 aliphatic rings. The summed E-state index contributed by atoms with van der Waals surface area (Å²) in [7, 11) is 1.77. The SMILES string of the molecule is CC(CN)CC(=O)N(C)Cc1ccco1. The van der Waals surface area contributed by atoms with Crippen LogP contribution in [0.1, 0.15) is 19.1 Å². The molecular formula is C11H18N2O2. The van der Waals surface area contributed by atoms with E-state index in [1.54, 1.807) is 18.2 Å². The Hall–Kier alpha value is -1.29. The molecule has 0 fully saturated rings. The largest absolute Gasteiger partial charge is 0.467 e. The minimum Gasteiger partial charge on any atom is -0.467 e. The van der Waals surface area contributed by atoms with Crippen LogP contribution in [-0.2, 0) is 11.3 Å². The molecule has 0 radical (unpaired) electrons. The van der Waals surface area contributed by atoms with E-state index in [4.69, 9.17) is 10.2 Å². The molecule has 0 aliphatic heterocycles. The molecule has 84 valence electrons. The Kier molecular flexibility index (Phi) is 4.37. The van der Waals surface area contributed by atoms with E-state index >= 15 is 0 Å². The van der Waals surface area contributed by atoms with Gasteiger partial charge >= 0.3 is 0 Å². The monoisotopic (exact) mass is 210 g/mol. The van der Waals surface area contributed by atoms with Crippen LogP contribution in [0.5, 0.6) is 0 Å². The summed E-state index contributed by atoms with van der Waals surface area (Å²) in [5, 5.41) is 0. The van der Waals surface area contributed by atoms with Gasteiger partial charge in [-0.1, -0.05) is 6.92 Å². The van der Waals surface area contributed by atoms with Gasteiger partial charge in [0.05, 0.1) is 12.8 Å². The van der Waals surface area contributed by atoms with Crippen molar-refractivity contribution in [3.05, 3.63) is 24.2 Å². The van der Waals surface area contributed by atoms with Gasteiger partial charge in [-0.15, -0.1) is 0 Å². The van der Waals surface area contributed by atoms with E-state index < -0.39 is 0 Å². The first-order valence-corrected chi connectivity index (χ1v) is 5.10. The zero-order valence-electron chi connectivity index (χ0n) is 9.27. The topological polar surface area (TPSA) is 59.5 Å². The third-order valence-corrected chi connectivity index (χ3v) is 2.32. The fourth-order valence-electron chi connectivity index (χ4n) is 1.26. The average Bonchev–Trinajstić information content (AvgIpc) is 2.70. The highest BCUT2D eigenvalue weighted by Crippen LogP contribution is 2.07. The number of carbonyl (C=O) groups is 1. The van der Waals surface area contributed by atoms with E-state index in [-0.39, 0.29) is 11.8 Å². The minimum atomic E-state index is 0.101. The normalized spacial score (nSPS) is 12.5. The van der Waals surface area contributed by atoms with Crippen LogP contribution in [0.2, 0.25) is 0 Å². The summed E-state index contributed by atoms with van der Waals surface area (Å²) in [6.45, 7) is 3.03. The first-order valence-electron chi connectivity index (χ1n) is 5.10. The van der Waals surface area contributed by atoms with Gasteiger partial charge in [-0.3, -0.25) is 4.79 Å². The van der Waals surface area contributed by atoms with Crippen molar-refractivity contribution in [2.24, 2.45) is 11.7 Å². The van der Waals surface area contributed by atoms with Gasteiger partial charge in [-0.25, -0.2) is 0 Å². The van der Waals surface area contributed by atoms with Gasteiger partial charge in [-0.05, 0) is 24.6 Å². The van der Waals surface area contributed by atoms with E-state index in [0.717, 1.165) is 5.76 Å². The van der Waals surface area contributed by atoms with Crippen molar-refractivity contribution in [1.82, 2.24) is 4.90 Å². The van der Waals surface area contributed by atoms with Crippen LogP contribution in [0.25, 0.3) is 0 Å². The predicted octanol–water partition coefficient (Wildman–Crippen LogP) is 1.22. The van der Waals surface area contributed by atoms with E-state index in [2.05, 4.69) is 0 Å². The molecule has 0 aliphatic carbocycles. The lowest BCUT2D eigenvalue weighted by Gasteiger charge is -2.17. The fourth-order valence-corrected chi connectivity index (χ4v) is 1.26. The summed E-state index contributed by atoms with van der Waals surface area (Å²) in [4.78, 5) is 13.3. The number of hydrogen-bond donors (Lipinski definition) is 1. The molecule has 0 saturated carbocycles. The summed E-state index contributed by atoms with van der Waals surface area (Å²) in [6, 6.07) is 3.67. The van der Waals surface area contributed by atoms with Crippen molar-refractivity contribution in [3.63, 3.8) is 0 Å². The van der Waals surface area contributed by atoms with Crippen LogP contribution in [-0.4, -0.2) is 24.4 Å². The van der Waals surface area contributed by atoms with Crippen LogP contribution in [0.15, 0.2) is 22.8 Å². The quantitative estimate of drug-likeness (QED) is 0.795. The predicted molar refractivity (Wildman–Crippen MR) is 58.0 cm³/mol. The summed E-state index contributed by atoms with van der Waals surface area (Å²) in [5.74, 6) is 1.13. The number of carbonyl (C=O) groups excluding carboxylic acids is 1. The summed E-state index contributed by atoms with van der Waals surface area (Å²) in [6.07, 6.45) is 2.10. The first kappa shape index (κ1) is 11.8. The number of hydrogen-bond acceptors (Lipinski definition) is 3. The fraction of sp³-hybridized carbons (Fsp3) is 0.545. The molecule has 1 unspecified atom stereocenters. The van der Waals surface area contributed by atoms with Crippen molar-refractivity contribution in [1.29, 1.82) is 0 Å². The van der Waals surface area contributed by atoms with Crippen LogP contribution >= 0.6 is 0 Å². The van der Waals surface area contributed by atoms with Crippen molar-refractivity contribution >= 4 is 5.91 Å². The van der Waals surface area contributed by atoms with Crippen LogP contribution < -0.4 is 5.73 Å². The van der Waals surface area contributed by atoms with Gasteiger partial charge in [0.2, 0.25) is 5.91 Å².